The summed E-state index contributed by atoms with van der Waals surface area (Å²) in [5.41, 5.74) is 7.56. The minimum atomic E-state index is -0.508. The molecule has 0 fully saturated rings. The number of pyridine rings is 1. The number of carbonyl (C=O) groups excluding carboxylic acids is 1. The topological polar surface area (TPSA) is 118 Å². The highest BCUT2D eigenvalue weighted by molar-refractivity contribution is 6.29. The standard InChI is InChI=1S/C17H19ClN6O3/c1-3-4-7-26-16-22-14(19)13-15(23-16)24(17(21-13)27-10(2)25)9-11-5-6-12(18)20-8-11/h5-6,8H,3-4,7,9H2,1-2H3,(H2,19,22,23). The molecular weight excluding hydrogens is 372 g/mol. The number of halogens is 1. The molecule has 3 heterocycles. The molecule has 0 amide bonds. The minimum Gasteiger partial charge on any atom is -0.463 e. The van der Waals surface area contributed by atoms with Crippen LogP contribution in [-0.4, -0.2) is 37.1 Å². The van der Waals surface area contributed by atoms with E-state index in [1.54, 1.807) is 16.8 Å². The van der Waals surface area contributed by atoms with E-state index in [0.717, 1.165) is 18.4 Å². The lowest BCUT2D eigenvalue weighted by Crippen LogP contribution is -2.10. The van der Waals surface area contributed by atoms with Crippen molar-refractivity contribution >= 4 is 34.6 Å². The molecule has 0 radical (unpaired) electrons. The summed E-state index contributed by atoms with van der Waals surface area (Å²) < 4.78 is 12.4. The van der Waals surface area contributed by atoms with Crippen molar-refractivity contribution in [2.24, 2.45) is 0 Å². The first-order valence-electron chi connectivity index (χ1n) is 8.43. The average Bonchev–Trinajstić information content (AvgIpc) is 2.95. The number of unbranched alkanes of at least 4 members (excludes halogenated alkanes) is 1. The lowest BCUT2D eigenvalue weighted by atomic mass is 10.3. The summed E-state index contributed by atoms with van der Waals surface area (Å²) in [4.78, 5) is 28.3. The van der Waals surface area contributed by atoms with Crippen molar-refractivity contribution in [3.05, 3.63) is 29.0 Å². The monoisotopic (exact) mass is 390 g/mol. The Labute approximate surface area is 160 Å². The van der Waals surface area contributed by atoms with Gasteiger partial charge in [0.15, 0.2) is 17.0 Å². The molecule has 0 aliphatic heterocycles. The van der Waals surface area contributed by atoms with Crippen LogP contribution in [0.15, 0.2) is 18.3 Å². The molecule has 0 bridgehead atoms. The summed E-state index contributed by atoms with van der Waals surface area (Å²) in [7, 11) is 0. The summed E-state index contributed by atoms with van der Waals surface area (Å²) in [5, 5.41) is 0.382. The zero-order valence-corrected chi connectivity index (χ0v) is 15.7. The van der Waals surface area contributed by atoms with Gasteiger partial charge in [0.25, 0.3) is 0 Å². The van der Waals surface area contributed by atoms with Crippen molar-refractivity contribution < 1.29 is 14.3 Å². The number of esters is 1. The van der Waals surface area contributed by atoms with E-state index in [2.05, 4.69) is 26.9 Å². The Morgan fingerprint density at radius 3 is 2.78 bits per heavy atom. The van der Waals surface area contributed by atoms with E-state index < -0.39 is 5.97 Å². The third-order valence-corrected chi connectivity index (χ3v) is 3.88. The number of fused-ring (bicyclic) bond motifs is 1. The van der Waals surface area contributed by atoms with Crippen LogP contribution in [0.5, 0.6) is 12.0 Å². The lowest BCUT2D eigenvalue weighted by molar-refractivity contribution is -0.132. The number of carbonyl (C=O) groups is 1. The molecule has 0 aliphatic carbocycles. The normalized spacial score (nSPS) is 10.9. The Morgan fingerprint density at radius 1 is 1.30 bits per heavy atom. The van der Waals surface area contributed by atoms with Crippen molar-refractivity contribution in [1.82, 2.24) is 24.5 Å². The quantitative estimate of drug-likeness (QED) is 0.371. The first-order chi connectivity index (χ1) is 13.0. The molecule has 27 heavy (non-hydrogen) atoms. The molecule has 0 unspecified atom stereocenters. The first kappa shape index (κ1) is 18.8. The second kappa shape index (κ2) is 8.17. The number of nitrogens with two attached hydrogens (primary N) is 1. The first-order valence-corrected chi connectivity index (χ1v) is 8.81. The van der Waals surface area contributed by atoms with Gasteiger partial charge in [-0.3, -0.25) is 9.36 Å². The van der Waals surface area contributed by atoms with Gasteiger partial charge in [0.1, 0.15) is 5.15 Å². The van der Waals surface area contributed by atoms with E-state index in [1.165, 1.54) is 6.92 Å². The molecule has 3 aromatic rings. The molecule has 0 spiro atoms. The molecule has 10 heteroatoms. The third-order valence-electron chi connectivity index (χ3n) is 3.66. The molecule has 0 aromatic carbocycles. The van der Waals surface area contributed by atoms with Crippen molar-refractivity contribution in [2.75, 3.05) is 12.3 Å². The van der Waals surface area contributed by atoms with E-state index in [0.29, 0.717) is 29.5 Å². The fraction of sp³-hybridized carbons (Fsp3) is 0.353. The molecule has 142 valence electrons. The SMILES string of the molecule is CCCCOc1nc(N)c2nc(OC(C)=O)n(Cc3ccc(Cl)nc3)c2n1. The molecule has 2 N–H and O–H groups in total. The number of hydrogen-bond donors (Lipinski definition) is 1. The van der Waals surface area contributed by atoms with Crippen LogP contribution < -0.4 is 15.2 Å². The van der Waals surface area contributed by atoms with Crippen LogP contribution in [0.4, 0.5) is 5.82 Å². The van der Waals surface area contributed by atoms with Gasteiger partial charge in [-0.1, -0.05) is 31.0 Å². The second-order valence-corrected chi connectivity index (χ2v) is 6.22. The maximum atomic E-state index is 11.5. The Bertz CT molecular complexity index is 957. The highest BCUT2D eigenvalue weighted by Crippen LogP contribution is 2.26. The van der Waals surface area contributed by atoms with Gasteiger partial charge >= 0.3 is 18.0 Å². The van der Waals surface area contributed by atoms with Crippen molar-refractivity contribution in [3.63, 3.8) is 0 Å². The summed E-state index contributed by atoms with van der Waals surface area (Å²) in [6.45, 7) is 4.13. The van der Waals surface area contributed by atoms with Gasteiger partial charge in [-0.25, -0.2) is 4.98 Å². The maximum absolute atomic E-state index is 11.5. The van der Waals surface area contributed by atoms with E-state index in [1.807, 2.05) is 6.07 Å². The van der Waals surface area contributed by atoms with Gasteiger partial charge in [0.05, 0.1) is 13.2 Å². The predicted octanol–water partition coefficient (Wildman–Crippen LogP) is 2.61. The number of rotatable bonds is 7. The molecule has 3 rings (SSSR count). The van der Waals surface area contributed by atoms with Crippen molar-refractivity contribution in [3.8, 4) is 12.0 Å². The number of imidazole rings is 1. The van der Waals surface area contributed by atoms with Gasteiger partial charge in [-0.05, 0) is 18.1 Å². The summed E-state index contributed by atoms with van der Waals surface area (Å²) in [6, 6.07) is 3.70. The number of ether oxygens (including phenoxy) is 2. The van der Waals surface area contributed by atoms with E-state index >= 15 is 0 Å². The highest BCUT2D eigenvalue weighted by Gasteiger charge is 2.20. The Hall–Kier alpha value is -2.94. The minimum absolute atomic E-state index is 0.0687. The third kappa shape index (κ3) is 4.43. The zero-order valence-electron chi connectivity index (χ0n) is 15.0. The van der Waals surface area contributed by atoms with Crippen LogP contribution in [0.2, 0.25) is 5.15 Å². The molecular formula is C17H19ClN6O3. The van der Waals surface area contributed by atoms with Crippen LogP contribution in [0, 0.1) is 0 Å². The van der Waals surface area contributed by atoms with Gasteiger partial charge in [0, 0.05) is 13.1 Å². The Balaban J connectivity index is 2.05. The number of nitrogen functional groups attached to an aromatic ring is 1. The Kier molecular flexibility index (Phi) is 5.70. The number of hydrogen-bond acceptors (Lipinski definition) is 8. The van der Waals surface area contributed by atoms with Crippen LogP contribution in [0.3, 0.4) is 0 Å². The smallest absolute Gasteiger partial charge is 0.320 e. The average molecular weight is 391 g/mol. The molecule has 0 saturated carbocycles. The van der Waals surface area contributed by atoms with Crippen molar-refractivity contribution in [2.45, 2.75) is 33.2 Å². The fourth-order valence-electron chi connectivity index (χ4n) is 2.39. The van der Waals surface area contributed by atoms with Gasteiger partial charge in [-0.15, -0.1) is 0 Å². The number of nitrogens with zero attached hydrogens (tertiary/aromatic N) is 5. The maximum Gasteiger partial charge on any atom is 0.320 e. The molecule has 9 nitrogen and oxygen atoms in total. The Morgan fingerprint density at radius 2 is 2.11 bits per heavy atom. The van der Waals surface area contributed by atoms with Crippen LogP contribution in [0.1, 0.15) is 32.3 Å². The van der Waals surface area contributed by atoms with Crippen LogP contribution in [0.25, 0.3) is 11.2 Å². The second-order valence-electron chi connectivity index (χ2n) is 5.83. The molecule has 3 aromatic heterocycles. The van der Waals surface area contributed by atoms with Gasteiger partial charge in [-0.2, -0.15) is 15.0 Å². The largest absolute Gasteiger partial charge is 0.463 e. The van der Waals surface area contributed by atoms with Gasteiger partial charge < -0.3 is 15.2 Å². The summed E-state index contributed by atoms with van der Waals surface area (Å²) in [6.07, 6.45) is 3.47. The molecule has 0 saturated heterocycles. The molecule has 0 aliphatic rings. The predicted molar refractivity (Wildman–Crippen MR) is 99.8 cm³/mol. The van der Waals surface area contributed by atoms with Crippen LogP contribution in [-0.2, 0) is 11.3 Å². The van der Waals surface area contributed by atoms with Gasteiger partial charge in [0.2, 0.25) is 0 Å². The summed E-state index contributed by atoms with van der Waals surface area (Å²) in [5.74, 6) is -0.361. The molecule has 0 atom stereocenters. The van der Waals surface area contributed by atoms with Crippen molar-refractivity contribution in [1.29, 1.82) is 0 Å². The lowest BCUT2D eigenvalue weighted by Gasteiger charge is -2.09. The van der Waals surface area contributed by atoms with E-state index in [-0.39, 0.29) is 17.8 Å². The number of aromatic nitrogens is 5. The highest BCUT2D eigenvalue weighted by atomic mass is 35.5. The van der Waals surface area contributed by atoms with E-state index in [4.69, 9.17) is 26.8 Å². The van der Waals surface area contributed by atoms with E-state index in [9.17, 15) is 4.79 Å². The van der Waals surface area contributed by atoms with Crippen LogP contribution >= 0.6 is 11.6 Å². The fourth-order valence-corrected chi connectivity index (χ4v) is 2.50. The summed E-state index contributed by atoms with van der Waals surface area (Å²) >= 11 is 5.84. The number of anilines is 1. The zero-order chi connectivity index (χ0) is 19.4.